The van der Waals surface area contributed by atoms with Crippen LogP contribution in [-0.2, 0) is 4.74 Å². The third-order valence-electron chi connectivity index (χ3n) is 2.11. The fraction of sp³-hybridized carbons (Fsp3) is 0.182. The van der Waals surface area contributed by atoms with Gasteiger partial charge in [-0.05, 0) is 0 Å². The van der Waals surface area contributed by atoms with Gasteiger partial charge in [-0.3, -0.25) is 0 Å². The summed E-state index contributed by atoms with van der Waals surface area (Å²) in [4.78, 5) is 11.3. The Bertz CT molecular complexity index is 502. The normalized spacial score (nSPS) is 10.3. The molecule has 0 aliphatic heterocycles. The number of hydrogen-bond donors (Lipinski definition) is 0. The number of esters is 1. The predicted octanol–water partition coefficient (Wildman–Crippen LogP) is 1.69. The molecule has 0 atom stereocenters. The summed E-state index contributed by atoms with van der Waals surface area (Å²) in [5, 5.41) is 1.09. The summed E-state index contributed by atoms with van der Waals surface area (Å²) >= 11 is 0.0387. The van der Waals surface area contributed by atoms with E-state index in [0.717, 1.165) is 15.6 Å². The van der Waals surface area contributed by atoms with E-state index in [1.807, 2.05) is 24.3 Å². The zero-order chi connectivity index (χ0) is 10.8. The number of methoxy groups -OCH3 is 2. The van der Waals surface area contributed by atoms with Crippen LogP contribution in [0.4, 0.5) is 0 Å². The number of carbonyl (C=O) groups excluding carboxylic acids is 1. The van der Waals surface area contributed by atoms with Crippen molar-refractivity contribution in [2.45, 2.75) is 0 Å². The van der Waals surface area contributed by atoms with Crippen LogP contribution >= 0.6 is 0 Å². The minimum absolute atomic E-state index is 0.0387. The summed E-state index contributed by atoms with van der Waals surface area (Å²) in [6, 6.07) is 7.72. The van der Waals surface area contributed by atoms with E-state index in [0.29, 0.717) is 0 Å². The van der Waals surface area contributed by atoms with E-state index in [1.165, 1.54) is 11.4 Å². The Balaban J connectivity index is 2.51. The van der Waals surface area contributed by atoms with Crippen molar-refractivity contribution >= 4 is 30.1 Å². The van der Waals surface area contributed by atoms with Crippen molar-refractivity contribution in [2.75, 3.05) is 14.2 Å². The van der Waals surface area contributed by atoms with Gasteiger partial charge in [-0.1, -0.05) is 0 Å². The van der Waals surface area contributed by atoms with Gasteiger partial charge in [-0.2, -0.15) is 0 Å². The van der Waals surface area contributed by atoms with Crippen LogP contribution in [-0.4, -0.2) is 34.7 Å². The second-order valence-electron chi connectivity index (χ2n) is 3.01. The molecule has 78 valence electrons. The Labute approximate surface area is 93.4 Å². The Morgan fingerprint density at radius 1 is 1.27 bits per heavy atom. The van der Waals surface area contributed by atoms with Gasteiger partial charge in [0.1, 0.15) is 0 Å². The first-order valence-corrected chi connectivity index (χ1v) is 6.12. The molecule has 4 heteroatoms. The third kappa shape index (κ3) is 1.91. The molecule has 2 rings (SSSR count). The zero-order valence-corrected chi connectivity index (χ0v) is 10.2. The molecule has 3 nitrogen and oxygen atoms in total. The summed E-state index contributed by atoms with van der Waals surface area (Å²) in [6.07, 6.45) is 0. The molecule has 0 fully saturated rings. The molecular weight excluding hydrogens is 259 g/mol. The van der Waals surface area contributed by atoms with Crippen LogP contribution in [0.15, 0.2) is 24.3 Å². The summed E-state index contributed by atoms with van der Waals surface area (Å²) in [6.45, 7) is 0. The molecule has 1 aromatic carbocycles. The van der Waals surface area contributed by atoms with Gasteiger partial charge in [0.2, 0.25) is 0 Å². The third-order valence-corrected chi connectivity index (χ3v) is 4.38. The van der Waals surface area contributed by atoms with Crippen molar-refractivity contribution < 1.29 is 14.3 Å². The average molecular weight is 269 g/mol. The van der Waals surface area contributed by atoms with Crippen LogP contribution in [0.1, 0.15) is 9.23 Å². The van der Waals surface area contributed by atoms with Crippen molar-refractivity contribution in [3.63, 3.8) is 0 Å². The molecule has 0 aliphatic rings. The van der Waals surface area contributed by atoms with Gasteiger partial charge >= 0.3 is 93.1 Å². The average Bonchev–Trinajstić information content (AvgIpc) is 2.70. The Morgan fingerprint density at radius 2 is 2.07 bits per heavy atom. The van der Waals surface area contributed by atoms with E-state index < -0.39 is 0 Å². The standard InChI is InChI=1S/C11H10O3Se/c1-13-8-4-3-7-5-10(11(12)14-2)15-9(7)6-8/h3-6H,1-2H3. The summed E-state index contributed by atoms with van der Waals surface area (Å²) < 4.78 is 11.8. The molecule has 0 amide bonds. The van der Waals surface area contributed by atoms with E-state index in [1.54, 1.807) is 7.11 Å². The molecule has 0 spiro atoms. The van der Waals surface area contributed by atoms with Crippen LogP contribution in [0.3, 0.4) is 0 Å². The molecule has 0 unspecified atom stereocenters. The molecule has 0 saturated carbocycles. The van der Waals surface area contributed by atoms with E-state index in [9.17, 15) is 4.79 Å². The first-order chi connectivity index (χ1) is 7.24. The molecule has 0 saturated heterocycles. The fourth-order valence-electron chi connectivity index (χ4n) is 1.34. The van der Waals surface area contributed by atoms with Crippen molar-refractivity contribution in [1.82, 2.24) is 0 Å². The number of benzene rings is 1. The number of ether oxygens (including phenoxy) is 2. The number of carbonyl (C=O) groups is 1. The summed E-state index contributed by atoms with van der Waals surface area (Å²) in [5.74, 6) is 0.598. The minimum atomic E-state index is -0.231. The van der Waals surface area contributed by atoms with E-state index in [-0.39, 0.29) is 20.5 Å². The summed E-state index contributed by atoms with van der Waals surface area (Å²) in [5.41, 5.74) is 0. The molecule has 0 N–H and O–H groups in total. The SMILES string of the molecule is COC(=O)c1cc2ccc(OC)cc2[se]1. The molecular formula is C11H10O3Se. The molecule has 15 heavy (non-hydrogen) atoms. The van der Waals surface area contributed by atoms with Crippen LogP contribution in [0.5, 0.6) is 5.75 Å². The zero-order valence-electron chi connectivity index (χ0n) is 8.44. The van der Waals surface area contributed by atoms with Crippen molar-refractivity contribution in [3.8, 4) is 5.75 Å². The molecule has 0 bridgehead atoms. The maximum absolute atomic E-state index is 11.3. The number of hydrogen-bond acceptors (Lipinski definition) is 3. The molecule has 1 heterocycles. The first-order valence-electron chi connectivity index (χ1n) is 4.40. The predicted molar refractivity (Wildman–Crippen MR) is 58.8 cm³/mol. The van der Waals surface area contributed by atoms with Gasteiger partial charge in [-0.25, -0.2) is 0 Å². The fourth-order valence-corrected chi connectivity index (χ4v) is 3.46. The molecule has 2 aromatic rings. The number of rotatable bonds is 2. The Morgan fingerprint density at radius 3 is 2.73 bits per heavy atom. The Kier molecular flexibility index (Phi) is 2.80. The molecule has 1 aromatic heterocycles. The van der Waals surface area contributed by atoms with Gasteiger partial charge in [0.05, 0.1) is 0 Å². The van der Waals surface area contributed by atoms with Gasteiger partial charge in [0.15, 0.2) is 0 Å². The monoisotopic (exact) mass is 270 g/mol. The van der Waals surface area contributed by atoms with Gasteiger partial charge in [-0.15, -0.1) is 0 Å². The number of fused-ring (bicyclic) bond motifs is 1. The van der Waals surface area contributed by atoms with Crippen molar-refractivity contribution in [1.29, 1.82) is 0 Å². The molecule has 0 aliphatic carbocycles. The van der Waals surface area contributed by atoms with E-state index >= 15 is 0 Å². The van der Waals surface area contributed by atoms with Crippen LogP contribution < -0.4 is 4.74 Å². The van der Waals surface area contributed by atoms with Crippen molar-refractivity contribution in [2.24, 2.45) is 0 Å². The van der Waals surface area contributed by atoms with E-state index in [4.69, 9.17) is 9.47 Å². The Hall–Kier alpha value is -1.25. The second kappa shape index (κ2) is 4.09. The van der Waals surface area contributed by atoms with E-state index in [2.05, 4.69) is 0 Å². The van der Waals surface area contributed by atoms with Gasteiger partial charge in [0.25, 0.3) is 0 Å². The van der Waals surface area contributed by atoms with Gasteiger partial charge in [0, 0.05) is 0 Å². The summed E-state index contributed by atoms with van der Waals surface area (Å²) in [7, 11) is 3.04. The molecule has 0 radical (unpaired) electrons. The van der Waals surface area contributed by atoms with Crippen molar-refractivity contribution in [3.05, 3.63) is 28.7 Å². The quantitative estimate of drug-likeness (QED) is 0.615. The van der Waals surface area contributed by atoms with Crippen LogP contribution in [0.25, 0.3) is 9.65 Å². The van der Waals surface area contributed by atoms with Crippen LogP contribution in [0.2, 0.25) is 0 Å². The maximum atomic E-state index is 11.3. The second-order valence-corrected chi connectivity index (χ2v) is 5.28. The van der Waals surface area contributed by atoms with Crippen LogP contribution in [0, 0.1) is 0 Å². The topological polar surface area (TPSA) is 35.5 Å². The first kappa shape index (κ1) is 10.3. The van der Waals surface area contributed by atoms with Gasteiger partial charge < -0.3 is 0 Å².